The number of hydrogen-bond acceptors (Lipinski definition) is 7. The molecule has 0 saturated heterocycles. The molecule has 3 heterocycles. The predicted octanol–water partition coefficient (Wildman–Crippen LogP) is 2.62. The molecule has 1 aliphatic rings. The van der Waals surface area contributed by atoms with Gasteiger partial charge >= 0.3 is 0 Å². The molecule has 5 rings (SSSR count). The number of nitrogens with one attached hydrogen (secondary N) is 2. The lowest BCUT2D eigenvalue weighted by atomic mass is 10.0. The molecule has 1 amide bonds. The molecule has 1 unspecified atom stereocenters. The monoisotopic (exact) mass is 441 g/mol. The fourth-order valence-electron chi connectivity index (χ4n) is 3.80. The van der Waals surface area contributed by atoms with Crippen LogP contribution >= 0.6 is 0 Å². The van der Waals surface area contributed by atoms with Gasteiger partial charge < -0.3 is 19.9 Å². The van der Waals surface area contributed by atoms with Gasteiger partial charge in [-0.3, -0.25) is 4.79 Å². The Bertz CT molecular complexity index is 1270. The van der Waals surface area contributed by atoms with Crippen LogP contribution in [0.1, 0.15) is 21.7 Å². The van der Waals surface area contributed by atoms with Crippen molar-refractivity contribution in [2.24, 2.45) is 7.05 Å². The van der Waals surface area contributed by atoms with Gasteiger partial charge in [-0.25, -0.2) is 9.97 Å². The van der Waals surface area contributed by atoms with Gasteiger partial charge in [-0.15, -0.1) is 10.2 Å². The maximum absolute atomic E-state index is 12.8. The number of amides is 1. The number of nitrogens with zero attached hydrogens (tertiary/aromatic N) is 5. The third-order valence-electron chi connectivity index (χ3n) is 5.57. The van der Waals surface area contributed by atoms with E-state index in [1.54, 1.807) is 18.3 Å². The summed E-state index contributed by atoms with van der Waals surface area (Å²) in [6.07, 6.45) is 3.90. The number of hydrogen-bond donors (Lipinski definition) is 2. The average Bonchev–Trinajstić information content (AvgIpc) is 3.23. The van der Waals surface area contributed by atoms with E-state index in [2.05, 4.69) is 30.8 Å². The maximum atomic E-state index is 12.8. The van der Waals surface area contributed by atoms with E-state index in [4.69, 9.17) is 4.74 Å². The van der Waals surface area contributed by atoms with Gasteiger partial charge in [-0.05, 0) is 42.3 Å². The lowest BCUT2D eigenvalue weighted by molar-refractivity contribution is 0.0915. The number of rotatable bonds is 6. The van der Waals surface area contributed by atoms with Gasteiger partial charge in [0.25, 0.3) is 5.91 Å². The second-order valence-corrected chi connectivity index (χ2v) is 7.82. The average molecular weight is 441 g/mol. The van der Waals surface area contributed by atoms with Crippen molar-refractivity contribution in [3.8, 4) is 17.3 Å². The summed E-state index contributed by atoms with van der Waals surface area (Å²) in [5.41, 5.74) is 3.21. The molecule has 1 aliphatic heterocycles. The first-order valence-electron chi connectivity index (χ1n) is 10.7. The molecule has 0 bridgehead atoms. The summed E-state index contributed by atoms with van der Waals surface area (Å²) in [4.78, 5) is 21.0. The number of benzene rings is 2. The first-order chi connectivity index (χ1) is 16.2. The van der Waals surface area contributed by atoms with Crippen LogP contribution in [0.15, 0.2) is 67.1 Å². The largest absolute Gasteiger partial charge is 0.491 e. The van der Waals surface area contributed by atoms with Crippen LogP contribution < -0.4 is 15.4 Å². The highest BCUT2D eigenvalue weighted by atomic mass is 16.5. The molecule has 0 spiro atoms. The fourth-order valence-corrected chi connectivity index (χ4v) is 3.80. The van der Waals surface area contributed by atoms with Crippen LogP contribution in [-0.4, -0.2) is 43.3 Å². The number of ether oxygens (including phenoxy) is 1. The summed E-state index contributed by atoms with van der Waals surface area (Å²) in [6.45, 7) is 0.911. The molecule has 9 heteroatoms. The van der Waals surface area contributed by atoms with Crippen molar-refractivity contribution >= 4 is 11.6 Å². The molecule has 1 atom stereocenters. The molecule has 0 fully saturated rings. The standard InChI is InChI=1S/C24H23N7O2/c1-31-22(29-30-23(31)20-9-10-25-15-27-20)13-26-18-7-4-6-17(12-18)24(32)28-19-11-16-5-2-3-8-21(16)33-14-19/h2-10,12,15,19,26H,11,13-14H2,1H3,(H,28,32). The minimum atomic E-state index is -0.128. The number of carbonyl (C=O) groups excluding carboxylic acids is 1. The van der Waals surface area contributed by atoms with Crippen LogP contribution in [0.25, 0.3) is 11.5 Å². The smallest absolute Gasteiger partial charge is 0.251 e. The van der Waals surface area contributed by atoms with Crippen molar-refractivity contribution in [1.82, 2.24) is 30.0 Å². The topological polar surface area (TPSA) is 107 Å². The summed E-state index contributed by atoms with van der Waals surface area (Å²) in [5.74, 6) is 2.17. The van der Waals surface area contributed by atoms with Gasteiger partial charge in [-0.2, -0.15) is 0 Å². The van der Waals surface area contributed by atoms with Crippen LogP contribution in [0.4, 0.5) is 5.69 Å². The second-order valence-electron chi connectivity index (χ2n) is 7.82. The summed E-state index contributed by atoms with van der Waals surface area (Å²) < 4.78 is 7.66. The Kier molecular flexibility index (Phi) is 5.67. The van der Waals surface area contributed by atoms with Gasteiger partial charge in [0.15, 0.2) is 11.6 Å². The van der Waals surface area contributed by atoms with Gasteiger partial charge in [-0.1, -0.05) is 24.3 Å². The quantitative estimate of drug-likeness (QED) is 0.474. The number of anilines is 1. The Morgan fingerprint density at radius 3 is 2.94 bits per heavy atom. The van der Waals surface area contributed by atoms with E-state index in [1.807, 2.05) is 54.1 Å². The van der Waals surface area contributed by atoms with E-state index < -0.39 is 0 Å². The van der Waals surface area contributed by atoms with Crippen molar-refractivity contribution < 1.29 is 9.53 Å². The van der Waals surface area contributed by atoms with Gasteiger partial charge in [0.05, 0.1) is 12.6 Å². The maximum Gasteiger partial charge on any atom is 0.251 e. The fraction of sp³-hybridized carbons (Fsp3) is 0.208. The predicted molar refractivity (Wildman–Crippen MR) is 123 cm³/mol. The number of aromatic nitrogens is 5. The van der Waals surface area contributed by atoms with Crippen molar-refractivity contribution in [3.63, 3.8) is 0 Å². The van der Waals surface area contributed by atoms with Crippen LogP contribution in [0.2, 0.25) is 0 Å². The third-order valence-corrected chi connectivity index (χ3v) is 5.57. The Morgan fingerprint density at radius 1 is 1.15 bits per heavy atom. The van der Waals surface area contributed by atoms with Crippen molar-refractivity contribution in [2.75, 3.05) is 11.9 Å². The first kappa shape index (κ1) is 20.6. The zero-order valence-electron chi connectivity index (χ0n) is 18.1. The number of carbonyl (C=O) groups is 1. The summed E-state index contributed by atoms with van der Waals surface area (Å²) in [5, 5.41) is 14.9. The molecule has 2 aromatic heterocycles. The normalized spacial score (nSPS) is 14.8. The van der Waals surface area contributed by atoms with Crippen LogP contribution in [0.5, 0.6) is 5.75 Å². The lowest BCUT2D eigenvalue weighted by Gasteiger charge is -2.26. The minimum Gasteiger partial charge on any atom is -0.491 e. The van der Waals surface area contributed by atoms with Crippen LogP contribution in [-0.2, 0) is 20.0 Å². The molecule has 2 N–H and O–H groups in total. The molecular formula is C24H23N7O2. The Balaban J connectivity index is 1.22. The van der Waals surface area contributed by atoms with E-state index in [0.717, 1.165) is 29.2 Å². The van der Waals surface area contributed by atoms with E-state index in [1.165, 1.54) is 6.33 Å². The molecule has 0 saturated carbocycles. The highest BCUT2D eigenvalue weighted by Crippen LogP contribution is 2.24. The zero-order valence-corrected chi connectivity index (χ0v) is 18.1. The molecule has 4 aromatic rings. The Hall–Kier alpha value is -4.27. The van der Waals surface area contributed by atoms with E-state index in [0.29, 0.717) is 30.2 Å². The van der Waals surface area contributed by atoms with E-state index in [9.17, 15) is 4.79 Å². The molecule has 0 radical (unpaired) electrons. The SMILES string of the molecule is Cn1c(CNc2cccc(C(=O)NC3COc4ccccc4C3)c2)nnc1-c1ccncn1. The first-order valence-corrected chi connectivity index (χ1v) is 10.7. The highest BCUT2D eigenvalue weighted by Gasteiger charge is 2.21. The zero-order chi connectivity index (χ0) is 22.6. The summed E-state index contributed by atoms with van der Waals surface area (Å²) in [6, 6.07) is 17.0. The van der Waals surface area contributed by atoms with Gasteiger partial charge in [0.2, 0.25) is 0 Å². The highest BCUT2D eigenvalue weighted by molar-refractivity contribution is 5.95. The molecule has 33 heavy (non-hydrogen) atoms. The van der Waals surface area contributed by atoms with Crippen molar-refractivity contribution in [2.45, 2.75) is 19.0 Å². The second kappa shape index (κ2) is 9.07. The summed E-state index contributed by atoms with van der Waals surface area (Å²) in [7, 11) is 1.89. The molecular weight excluding hydrogens is 418 g/mol. The third kappa shape index (κ3) is 4.52. The van der Waals surface area contributed by atoms with Crippen LogP contribution in [0, 0.1) is 0 Å². The lowest BCUT2D eigenvalue weighted by Crippen LogP contribution is -2.42. The summed E-state index contributed by atoms with van der Waals surface area (Å²) >= 11 is 0. The molecule has 9 nitrogen and oxygen atoms in total. The van der Waals surface area contributed by atoms with Crippen molar-refractivity contribution in [1.29, 1.82) is 0 Å². The number of fused-ring (bicyclic) bond motifs is 1. The van der Waals surface area contributed by atoms with Gasteiger partial charge in [0, 0.05) is 24.5 Å². The number of para-hydroxylation sites is 1. The Morgan fingerprint density at radius 2 is 2.06 bits per heavy atom. The molecule has 166 valence electrons. The van der Waals surface area contributed by atoms with E-state index in [-0.39, 0.29) is 11.9 Å². The van der Waals surface area contributed by atoms with Crippen molar-refractivity contribution in [3.05, 3.63) is 84.1 Å². The van der Waals surface area contributed by atoms with Crippen LogP contribution in [0.3, 0.4) is 0 Å². The van der Waals surface area contributed by atoms with E-state index >= 15 is 0 Å². The minimum absolute atomic E-state index is 0.0668. The molecule has 2 aromatic carbocycles. The van der Waals surface area contributed by atoms with Gasteiger partial charge in [0.1, 0.15) is 24.4 Å². The Labute approximate surface area is 190 Å². The molecule has 0 aliphatic carbocycles.